The molecule has 16 aromatic rings. The van der Waals surface area contributed by atoms with Gasteiger partial charge in [-0.2, -0.15) is 9.97 Å². The van der Waals surface area contributed by atoms with Crippen molar-refractivity contribution in [2.24, 2.45) is 0 Å². The second kappa shape index (κ2) is 20.3. The number of aromatic nitrogens is 5. The number of hydrogen-bond acceptors (Lipinski definition) is 5. The van der Waals surface area contributed by atoms with Gasteiger partial charge in [0.05, 0.1) is 33.1 Å². The third-order valence-electron chi connectivity index (χ3n) is 16.2. The Balaban J connectivity index is 1.00. The highest BCUT2D eigenvalue weighted by Gasteiger charge is 2.25. The lowest BCUT2D eigenvalue weighted by Gasteiger charge is -2.26. The van der Waals surface area contributed by atoms with E-state index in [4.69, 9.17) is 9.97 Å². The Morgan fingerprint density at radius 1 is 0.190 bits per heavy atom. The van der Waals surface area contributed by atoms with E-state index >= 15 is 0 Å². The van der Waals surface area contributed by atoms with Crippen molar-refractivity contribution >= 4 is 117 Å². The zero-order valence-electron chi connectivity index (χ0n) is 45.6. The lowest BCUT2D eigenvalue weighted by atomic mass is 10.1. The number of hydrogen-bond donors (Lipinski definition) is 0. The molecule has 0 N–H and O–H groups in total. The molecule has 0 saturated heterocycles. The minimum Gasteiger partial charge on any atom is -0.310 e. The maximum atomic E-state index is 5.86. The molecule has 8 heteroatoms. The van der Waals surface area contributed by atoms with Crippen LogP contribution < -0.4 is 14.7 Å². The summed E-state index contributed by atoms with van der Waals surface area (Å²) in [6, 6.07) is 112. The van der Waals surface area contributed by atoms with Gasteiger partial charge in [-0.15, -0.1) is 0 Å². The Bertz CT molecular complexity index is 4440. The van der Waals surface area contributed by atoms with Gasteiger partial charge >= 0.3 is 0 Å². The lowest BCUT2D eigenvalue weighted by Crippen LogP contribution is -2.12. The van der Waals surface area contributed by atoms with Gasteiger partial charge in [0.1, 0.15) is 11.6 Å². The summed E-state index contributed by atoms with van der Waals surface area (Å²) in [5.74, 6) is 1.98. The average Bonchev–Trinajstić information content (AvgIpc) is 3.26. The van der Waals surface area contributed by atoms with E-state index in [1.165, 1.54) is 0 Å². The van der Waals surface area contributed by atoms with Crippen LogP contribution >= 0.6 is 0 Å². The summed E-state index contributed by atoms with van der Waals surface area (Å²) in [6.45, 7) is 0. The first-order valence-electron chi connectivity index (χ1n) is 28.4. The Morgan fingerprint density at radius 2 is 0.429 bits per heavy atom. The minimum atomic E-state index is 0.534. The van der Waals surface area contributed by atoms with Crippen LogP contribution in [0.15, 0.2) is 315 Å². The van der Waals surface area contributed by atoms with E-state index in [2.05, 4.69) is 344 Å². The van der Waals surface area contributed by atoms with Crippen molar-refractivity contribution in [3.63, 3.8) is 0 Å². The van der Waals surface area contributed by atoms with Crippen molar-refractivity contribution in [1.29, 1.82) is 0 Å². The van der Waals surface area contributed by atoms with Crippen LogP contribution in [-0.2, 0) is 0 Å². The van der Waals surface area contributed by atoms with Crippen molar-refractivity contribution < 1.29 is 0 Å². The first kappa shape index (κ1) is 48.4. The maximum absolute atomic E-state index is 5.86. The predicted octanol–water partition coefficient (Wildman–Crippen LogP) is 20.2. The Hall–Kier alpha value is -11.5. The van der Waals surface area contributed by atoms with Crippen molar-refractivity contribution in [3.05, 3.63) is 315 Å². The van der Waals surface area contributed by atoms with Gasteiger partial charge in [-0.05, 0) is 127 Å². The van der Waals surface area contributed by atoms with Crippen LogP contribution in [-0.4, -0.2) is 23.7 Å². The average molecular weight is 1080 g/mol. The fourth-order valence-electron chi connectivity index (χ4n) is 12.5. The molecule has 8 nitrogen and oxygen atoms in total. The third kappa shape index (κ3) is 8.15. The summed E-state index contributed by atoms with van der Waals surface area (Å²) in [6.07, 6.45) is 0. The number of benzene rings is 12. The minimum absolute atomic E-state index is 0.534. The van der Waals surface area contributed by atoms with Crippen LogP contribution in [0.25, 0.3) is 83.0 Å². The van der Waals surface area contributed by atoms with Gasteiger partial charge in [0, 0.05) is 89.6 Å². The molecular weight excluding hydrogens is 1020 g/mol. The van der Waals surface area contributed by atoms with Gasteiger partial charge in [0.15, 0.2) is 0 Å². The molecule has 0 spiro atoms. The molecule has 396 valence electrons. The fourth-order valence-corrected chi connectivity index (χ4v) is 12.5. The van der Waals surface area contributed by atoms with Gasteiger partial charge in [0.2, 0.25) is 5.95 Å². The van der Waals surface area contributed by atoms with Crippen molar-refractivity contribution in [2.75, 3.05) is 14.7 Å². The van der Waals surface area contributed by atoms with Gasteiger partial charge in [-0.25, -0.2) is 0 Å². The normalized spacial score (nSPS) is 11.6. The highest BCUT2D eigenvalue weighted by atomic mass is 15.2. The zero-order valence-corrected chi connectivity index (χ0v) is 45.6. The van der Waals surface area contributed by atoms with Crippen LogP contribution in [0.4, 0.5) is 51.2 Å². The van der Waals surface area contributed by atoms with E-state index < -0.39 is 0 Å². The molecule has 84 heavy (non-hydrogen) atoms. The molecule has 0 amide bonds. The summed E-state index contributed by atoms with van der Waals surface area (Å²) in [7, 11) is 0. The van der Waals surface area contributed by atoms with Crippen molar-refractivity contribution in [1.82, 2.24) is 23.7 Å². The number of anilines is 9. The summed E-state index contributed by atoms with van der Waals surface area (Å²) in [4.78, 5) is 18.7. The van der Waals surface area contributed by atoms with Crippen LogP contribution in [0.5, 0.6) is 0 Å². The molecule has 0 fully saturated rings. The predicted molar refractivity (Wildman–Crippen MR) is 349 cm³/mol. The standard InChI is InChI=1S/C76H52N8/c1-7-25-53(26-8-1)79(54-27-9-2-10-28-54)59-43-46-65-62-37-19-22-40-68(62)82(71(65)49-59)74-52-75(83-69-41-23-20-38-63(69)66-47-44-60(50-72(66)83)80(55-29-11-3-12-30-55)56-31-13-4-14-32-56)78-76(77-74)84-70-42-24-21-39-64(70)67-48-45-61(51-73(67)84)81(57-33-15-5-16-34-57)58-35-17-6-18-36-58/h1-52H. The van der Waals surface area contributed by atoms with Gasteiger partial charge < -0.3 is 14.7 Å². The Labute approximate surface area is 485 Å². The largest absolute Gasteiger partial charge is 0.310 e. The summed E-state index contributed by atoms with van der Waals surface area (Å²) in [5.41, 5.74) is 15.5. The zero-order chi connectivity index (χ0) is 55.5. The molecule has 4 aromatic heterocycles. The highest BCUT2D eigenvalue weighted by Crippen LogP contribution is 2.44. The topological polar surface area (TPSA) is 50.3 Å². The quantitative estimate of drug-likeness (QED) is 0.122. The smallest absolute Gasteiger partial charge is 0.238 e. The van der Waals surface area contributed by atoms with Crippen LogP contribution in [0.2, 0.25) is 0 Å². The van der Waals surface area contributed by atoms with Crippen LogP contribution in [0.3, 0.4) is 0 Å². The van der Waals surface area contributed by atoms with Crippen LogP contribution in [0, 0.1) is 0 Å². The number of para-hydroxylation sites is 9. The first-order chi connectivity index (χ1) is 41.7. The maximum Gasteiger partial charge on any atom is 0.238 e. The van der Waals surface area contributed by atoms with E-state index in [9.17, 15) is 0 Å². The molecule has 0 aliphatic heterocycles. The van der Waals surface area contributed by atoms with Crippen molar-refractivity contribution in [3.8, 4) is 17.6 Å². The van der Waals surface area contributed by atoms with Gasteiger partial charge in [-0.1, -0.05) is 182 Å². The molecule has 0 aliphatic carbocycles. The monoisotopic (exact) mass is 1080 g/mol. The molecule has 0 atom stereocenters. The lowest BCUT2D eigenvalue weighted by molar-refractivity contribution is 0.918. The van der Waals surface area contributed by atoms with Crippen molar-refractivity contribution in [2.45, 2.75) is 0 Å². The SMILES string of the molecule is c1ccc(N(c2ccccc2)c2ccc3c4ccccc4n(-c4cc(-n5c6ccccc6c6ccc(N(c7ccccc7)c7ccccc7)cc65)nc(-n5c6ccccc6c6ccc(N(c7ccccc7)c7ccccc7)cc65)n4)c3c2)cc1. The van der Waals surface area contributed by atoms with E-state index in [0.29, 0.717) is 5.95 Å². The number of rotatable bonds is 12. The fraction of sp³-hybridized carbons (Fsp3) is 0. The van der Waals surface area contributed by atoms with Crippen LogP contribution in [0.1, 0.15) is 0 Å². The molecule has 0 radical (unpaired) electrons. The first-order valence-corrected chi connectivity index (χ1v) is 28.4. The van der Waals surface area contributed by atoms with Gasteiger partial charge in [0.25, 0.3) is 0 Å². The van der Waals surface area contributed by atoms with E-state index in [1.54, 1.807) is 0 Å². The second-order valence-electron chi connectivity index (χ2n) is 21.1. The highest BCUT2D eigenvalue weighted by molar-refractivity contribution is 6.13. The second-order valence-corrected chi connectivity index (χ2v) is 21.1. The summed E-state index contributed by atoms with van der Waals surface area (Å²) >= 11 is 0. The Kier molecular flexibility index (Phi) is 11.7. The Morgan fingerprint density at radius 3 is 0.726 bits per heavy atom. The summed E-state index contributed by atoms with van der Waals surface area (Å²) in [5, 5.41) is 6.68. The van der Waals surface area contributed by atoms with E-state index in [1.807, 2.05) is 0 Å². The molecule has 12 aromatic carbocycles. The summed E-state index contributed by atoms with van der Waals surface area (Å²) < 4.78 is 6.95. The molecule has 0 saturated carbocycles. The molecule has 16 rings (SSSR count). The van der Waals surface area contributed by atoms with E-state index in [0.717, 1.165) is 128 Å². The third-order valence-corrected chi connectivity index (χ3v) is 16.2. The molecule has 0 unspecified atom stereocenters. The molecular formula is C76H52N8. The number of nitrogens with zero attached hydrogens (tertiary/aromatic N) is 8. The van der Waals surface area contributed by atoms with Gasteiger partial charge in [-0.3, -0.25) is 13.7 Å². The van der Waals surface area contributed by atoms with E-state index in [-0.39, 0.29) is 0 Å². The molecule has 0 bridgehead atoms. The molecule has 4 heterocycles. The number of fused-ring (bicyclic) bond motifs is 9. The molecule has 0 aliphatic rings.